The van der Waals surface area contributed by atoms with E-state index in [1.165, 1.54) is 99.3 Å². The van der Waals surface area contributed by atoms with Crippen molar-refractivity contribution in [2.45, 2.75) is 95.2 Å². The lowest BCUT2D eigenvalue weighted by molar-refractivity contribution is -0.274. The molecule has 16 rings (SSSR count). The summed E-state index contributed by atoms with van der Waals surface area (Å²) in [4.78, 5) is 118. The van der Waals surface area contributed by atoms with E-state index >= 15 is 0 Å². The van der Waals surface area contributed by atoms with E-state index in [9.17, 15) is 67.2 Å². The van der Waals surface area contributed by atoms with Crippen molar-refractivity contribution in [3.63, 3.8) is 0 Å². The normalized spacial score (nSPS) is 15.2. The smallest absolute Gasteiger partial charge is 0.406 e. The van der Waals surface area contributed by atoms with Gasteiger partial charge < -0.3 is 34.4 Å². The second kappa shape index (κ2) is 38.5. The number of hydrogen-bond donors (Lipinski definition) is 9. The molecule has 6 aromatic heterocycles. The van der Waals surface area contributed by atoms with Crippen molar-refractivity contribution in [2.75, 3.05) is 76.5 Å². The summed E-state index contributed by atoms with van der Waals surface area (Å²) in [5.41, 5.74) is 15.9. The molecule has 3 fully saturated rings. The number of carbonyl (C=O) groups is 3. The first kappa shape index (κ1) is 90.3. The summed E-state index contributed by atoms with van der Waals surface area (Å²) in [7, 11) is -7.24. The van der Waals surface area contributed by atoms with Crippen molar-refractivity contribution < 1.29 is 72.1 Å². The Balaban J connectivity index is 0.000000154. The number of nitrogens with zero attached hydrogens (tertiary/aromatic N) is 12. The van der Waals surface area contributed by atoms with Gasteiger partial charge in [0.15, 0.2) is 16.9 Å². The van der Waals surface area contributed by atoms with E-state index < -0.39 is 76.7 Å². The van der Waals surface area contributed by atoms with E-state index in [1.807, 2.05) is 91.0 Å². The topological polar surface area (TPSA) is 494 Å². The Morgan fingerprint density at radius 3 is 1.05 bits per heavy atom. The predicted octanol–water partition coefficient (Wildman–Crippen LogP) is 8.54. The van der Waals surface area contributed by atoms with Crippen LogP contribution in [0.1, 0.15) is 134 Å². The highest BCUT2D eigenvalue weighted by molar-refractivity contribution is 7.87. The molecular weight excluding hydrogens is 1710 g/mol. The van der Waals surface area contributed by atoms with Gasteiger partial charge in [0.05, 0.1) is 37.5 Å². The number of ether oxygens (including phenoxy) is 1. The molecule has 0 bridgehead atoms. The molecule has 9 heterocycles. The quantitative estimate of drug-likeness (QED) is 0.0271. The molecule has 3 amide bonds. The number of piperidine rings is 3. The maximum atomic E-state index is 13.3. The van der Waals surface area contributed by atoms with Crippen molar-refractivity contribution in [3.05, 3.63) is 257 Å². The summed E-state index contributed by atoms with van der Waals surface area (Å²) >= 11 is 0. The van der Waals surface area contributed by atoms with Crippen molar-refractivity contribution >= 4 is 116 Å². The number of hydrogen-bond acceptors (Lipinski definition) is 25. The molecule has 0 unspecified atom stereocenters. The minimum Gasteiger partial charge on any atom is -0.406 e. The van der Waals surface area contributed by atoms with Crippen LogP contribution in [0.2, 0.25) is 0 Å². The van der Waals surface area contributed by atoms with Gasteiger partial charge in [-0.3, -0.25) is 43.3 Å². The zero-order chi connectivity index (χ0) is 90.2. The van der Waals surface area contributed by atoms with Crippen LogP contribution in [0.4, 0.5) is 48.1 Å². The second-order valence-electron chi connectivity index (χ2n) is 30.2. The number of anilines is 6. The van der Waals surface area contributed by atoms with Crippen LogP contribution in [0.25, 0.3) is 50.2 Å². The Kier molecular flexibility index (Phi) is 27.4. The van der Waals surface area contributed by atoms with Crippen molar-refractivity contribution in [3.8, 4) is 22.8 Å². The number of hydroxylamine groups is 3. The molecule has 43 heteroatoms. The number of aromatic nitrogens is 9. The summed E-state index contributed by atoms with van der Waals surface area (Å²) in [6, 6.07) is 41.7. The number of carbonyl (C=O) groups excluding carboxylic acids is 3. The van der Waals surface area contributed by atoms with Crippen LogP contribution in [-0.2, 0) is 64.4 Å². The van der Waals surface area contributed by atoms with Gasteiger partial charge in [-0.05, 0) is 200 Å². The molecule has 4 aliphatic rings. The molecule has 127 heavy (non-hydrogen) atoms. The minimum absolute atomic E-state index is 0.0314. The maximum absolute atomic E-state index is 13.3. The van der Waals surface area contributed by atoms with Crippen molar-refractivity contribution in [1.29, 1.82) is 0 Å². The number of rotatable bonds is 23. The lowest BCUT2D eigenvalue weighted by Crippen LogP contribution is -2.41. The van der Waals surface area contributed by atoms with E-state index in [4.69, 9.17) is 30.1 Å². The first-order valence-electron chi connectivity index (χ1n) is 40.0. The third-order valence-corrected chi connectivity index (χ3v) is 25.5. The largest absolute Gasteiger partial charge is 0.573 e. The molecule has 12 N–H and O–H groups in total. The maximum Gasteiger partial charge on any atom is 0.573 e. The molecule has 0 saturated carbocycles. The number of fused-ring (bicyclic) bond motifs is 4. The highest BCUT2D eigenvalue weighted by Gasteiger charge is 2.33. The average Bonchev–Trinajstić information content (AvgIpc) is 0.840. The molecule has 37 nitrogen and oxygen atoms in total. The Bertz CT molecular complexity index is 6680. The first-order valence-corrected chi connectivity index (χ1v) is 44.5. The van der Waals surface area contributed by atoms with Gasteiger partial charge in [0.25, 0.3) is 48.3 Å². The first-order chi connectivity index (χ1) is 60.7. The SMILES string of the molecule is CCc1ccc(-n2cc(C(=O)NOC)c(=O)c3cnc(Nc4ccc(C5CCN(S(N)(=O)=O)CC5)cc4)nc32)cc1.CONC(=O)c1cn(-c2ccc(OC(F)(F)F)cc2)c2nc(Nc3ccc(C4CCN(S(N)(=O)=O)CC4)cc3)ncc2c1=O.CONC(=O)c1cn(-c2ccc3c(c2)CCC3)c2nc(Nc3ccc(C4CCN(S(N)(=O)=O)CC4)cc3)ncc2c1=O. The predicted molar refractivity (Wildman–Crippen MR) is 466 cm³/mol. The molecule has 0 spiro atoms. The number of alkyl halides is 3. The van der Waals surface area contributed by atoms with E-state index in [2.05, 4.69) is 85.9 Å². The summed E-state index contributed by atoms with van der Waals surface area (Å²) in [6.07, 6.45) is 11.3. The van der Waals surface area contributed by atoms with Crippen LogP contribution in [0, 0.1) is 0 Å². The molecule has 6 aromatic carbocycles. The number of aryl methyl sites for hydroxylation is 3. The van der Waals surface area contributed by atoms with Gasteiger partial charge in [-0.2, -0.15) is 53.1 Å². The van der Waals surface area contributed by atoms with E-state index in [0.29, 0.717) is 101 Å². The van der Waals surface area contributed by atoms with Crippen LogP contribution in [0.3, 0.4) is 0 Å². The van der Waals surface area contributed by atoms with E-state index in [0.717, 1.165) is 82.8 Å². The van der Waals surface area contributed by atoms with E-state index in [-0.39, 0.29) is 73.8 Å². The Morgan fingerprint density at radius 2 is 0.740 bits per heavy atom. The number of amides is 3. The van der Waals surface area contributed by atoms with Gasteiger partial charge in [0.1, 0.15) is 22.4 Å². The summed E-state index contributed by atoms with van der Waals surface area (Å²) in [5, 5.41) is 25.5. The Hall–Kier alpha value is -12.9. The molecule has 0 radical (unpaired) electrons. The van der Waals surface area contributed by atoms with Crippen LogP contribution < -0.4 is 68.8 Å². The van der Waals surface area contributed by atoms with Crippen molar-refractivity contribution in [2.24, 2.45) is 15.4 Å². The Labute approximate surface area is 724 Å². The van der Waals surface area contributed by atoms with Gasteiger partial charge in [-0.15, -0.1) is 13.2 Å². The fourth-order valence-corrected chi connectivity index (χ4v) is 17.8. The standard InChI is InChI=1S/C29H31N7O5S.C28H31N7O5S.C27H26F3N7O6S/c1-41-34-28(38)25-17-36(23-10-7-18-3-2-4-21(18)15-23)27-24(26(25)37)16-31-29(33-27)32-22-8-5-19(6-9-22)20-11-13-35(14-12-20)42(30,39)40;1-3-18-4-10-22(11-5-18)35-17-24(27(37)33-40-2)25(36)23-16-30-28(32-26(23)35)31-21-8-6-19(7-9-21)20-12-14-34(15-13-20)41(29,38)39;1-42-35-25(39)22-15-37(19-6-8-20(9-7-19)43-27(28,29)30)24-21(23(22)38)14-32-26(34-24)33-18-4-2-16(3-5-18)17-10-12-36(13-11-17)44(31,40)41/h5-10,15-17,20H,2-4,11-14H2,1H3,(H,34,38)(H2,30,39,40)(H,31,32,33);4-11,16-17,20H,3,12-15H2,1-2H3,(H,33,37)(H2,29,38,39)(H,30,31,32);2-9,14-15,17H,10-13H2,1H3,(H,35,39)(H2,31,40,41)(H,32,33,34). The number of nitrogens with two attached hydrogens (primary N) is 3. The van der Waals surface area contributed by atoms with Gasteiger partial charge >= 0.3 is 6.36 Å². The van der Waals surface area contributed by atoms with Crippen LogP contribution >= 0.6 is 0 Å². The molecule has 664 valence electrons. The van der Waals surface area contributed by atoms with Crippen molar-refractivity contribution in [1.82, 2.24) is 73.0 Å². The molecule has 3 saturated heterocycles. The average molecular weight is 1800 g/mol. The molecule has 0 atom stereocenters. The van der Waals surface area contributed by atoms with Gasteiger partial charge in [-0.1, -0.05) is 61.5 Å². The lowest BCUT2D eigenvalue weighted by Gasteiger charge is -2.30. The van der Waals surface area contributed by atoms with Gasteiger partial charge in [0, 0.05) is 111 Å². The second-order valence-corrected chi connectivity index (χ2v) is 34.8. The highest BCUT2D eigenvalue weighted by Crippen LogP contribution is 2.36. The number of nitrogens with one attached hydrogen (secondary N) is 6. The fourth-order valence-electron chi connectivity index (χ4n) is 15.7. The zero-order valence-corrected chi connectivity index (χ0v) is 71.2. The third-order valence-electron chi connectivity index (χ3n) is 22.2. The minimum atomic E-state index is -4.88. The number of halogens is 3. The van der Waals surface area contributed by atoms with Gasteiger partial charge in [0.2, 0.25) is 34.1 Å². The fraction of sp³-hybridized carbons (Fsp3) is 0.286. The summed E-state index contributed by atoms with van der Waals surface area (Å²) < 4.78 is 120. The highest BCUT2D eigenvalue weighted by atomic mass is 32.2. The van der Waals surface area contributed by atoms with Crippen LogP contribution in [0.5, 0.6) is 5.75 Å². The Morgan fingerprint density at radius 1 is 0.433 bits per heavy atom. The summed E-state index contributed by atoms with van der Waals surface area (Å²) in [5.74, 6) is -1.33. The molecule has 12 aromatic rings. The number of benzene rings is 6. The molecule has 3 aliphatic heterocycles. The summed E-state index contributed by atoms with van der Waals surface area (Å²) in [6.45, 7) is 4.32. The van der Waals surface area contributed by atoms with Crippen LogP contribution in [-0.4, -0.2) is 166 Å². The zero-order valence-electron chi connectivity index (χ0n) is 68.8. The molecular formula is C84H88F3N21O16S3. The molecule has 1 aliphatic carbocycles. The van der Waals surface area contributed by atoms with Crippen LogP contribution in [0.15, 0.2) is 191 Å². The number of pyridine rings is 3. The van der Waals surface area contributed by atoms with E-state index in [1.54, 1.807) is 21.3 Å². The third kappa shape index (κ3) is 21.4. The van der Waals surface area contributed by atoms with Gasteiger partial charge in [-0.25, -0.2) is 46.8 Å². The monoisotopic (exact) mass is 1800 g/mol. The lowest BCUT2D eigenvalue weighted by atomic mass is 9.90.